The summed E-state index contributed by atoms with van der Waals surface area (Å²) in [6.07, 6.45) is 2.64. The normalized spacial score (nSPS) is 17.8. The van der Waals surface area contributed by atoms with E-state index in [2.05, 4.69) is 34.9 Å². The summed E-state index contributed by atoms with van der Waals surface area (Å²) in [7, 11) is 0. The van der Waals surface area contributed by atoms with Gasteiger partial charge in [0.25, 0.3) is 5.91 Å². The lowest BCUT2D eigenvalue weighted by Crippen LogP contribution is -2.55. The van der Waals surface area contributed by atoms with Crippen molar-refractivity contribution >= 4 is 57.4 Å². The Balaban J connectivity index is 1.08. The Bertz CT molecular complexity index is 1720. The highest BCUT2D eigenvalue weighted by Gasteiger charge is 2.40. The number of piperidine rings is 1. The molecule has 10 heteroatoms. The summed E-state index contributed by atoms with van der Waals surface area (Å²) in [6, 6.07) is 22.9. The van der Waals surface area contributed by atoms with E-state index in [0.717, 1.165) is 34.7 Å². The van der Waals surface area contributed by atoms with Crippen molar-refractivity contribution in [2.75, 3.05) is 26.3 Å². The van der Waals surface area contributed by atoms with Crippen molar-refractivity contribution in [2.24, 2.45) is 5.92 Å². The Morgan fingerprint density at radius 1 is 0.891 bits per heavy atom. The Morgan fingerprint density at radius 3 is 2.39 bits per heavy atom. The van der Waals surface area contributed by atoms with Gasteiger partial charge in [-0.25, -0.2) is 0 Å². The molecule has 4 aromatic rings. The van der Waals surface area contributed by atoms with Gasteiger partial charge in [0.05, 0.1) is 26.5 Å². The summed E-state index contributed by atoms with van der Waals surface area (Å²) in [4.78, 5) is 29.6. The van der Waals surface area contributed by atoms with Gasteiger partial charge in [-0.05, 0) is 85.0 Å². The predicted octanol–water partition coefficient (Wildman–Crippen LogP) is 7.47. The van der Waals surface area contributed by atoms with Crippen LogP contribution in [0.2, 0.25) is 15.1 Å². The van der Waals surface area contributed by atoms with Crippen LogP contribution < -0.4 is 20.1 Å². The fourth-order valence-corrected chi connectivity index (χ4v) is 7.00. The van der Waals surface area contributed by atoms with Crippen molar-refractivity contribution in [3.8, 4) is 11.5 Å². The number of aryl methyl sites for hydroxylation is 1. The third-order valence-corrected chi connectivity index (χ3v) is 9.41. The molecule has 2 aliphatic rings. The maximum Gasteiger partial charge on any atom is 0.253 e. The highest BCUT2D eigenvalue weighted by molar-refractivity contribution is 6.37. The molecule has 2 unspecified atom stereocenters. The van der Waals surface area contributed by atoms with Gasteiger partial charge in [0.2, 0.25) is 5.91 Å². The van der Waals surface area contributed by atoms with E-state index in [1.165, 1.54) is 0 Å². The highest BCUT2D eigenvalue weighted by Crippen LogP contribution is 2.35. The average Bonchev–Trinajstić information content (AvgIpc) is 3.88. The number of amides is 2. The molecule has 2 N–H and O–H groups in total. The highest BCUT2D eigenvalue weighted by atomic mass is 35.5. The third kappa shape index (κ3) is 7.55. The molecule has 2 atom stereocenters. The topological polar surface area (TPSA) is 79.9 Å². The van der Waals surface area contributed by atoms with Crippen LogP contribution in [0.15, 0.2) is 72.8 Å². The maximum absolute atomic E-state index is 14.1. The number of hydrogen-bond donors (Lipinski definition) is 2. The smallest absolute Gasteiger partial charge is 0.253 e. The molecule has 1 saturated carbocycles. The Labute approximate surface area is 284 Å². The second kappa shape index (κ2) is 14.5. The van der Waals surface area contributed by atoms with Gasteiger partial charge in [0, 0.05) is 25.2 Å². The standard InChI is InChI=1S/C36H36Cl3N3O4/c1-22-17-31(38)34(32(39)18-22)46-16-15-45-26-11-12-28(30(37)19-26)35(43)41-33-13-14-40-20-29(33)36(44)42(25-9-10-25)21-24-7-4-6-23-5-2-3-8-27(23)24/h2-8,11-12,17-19,25,29,33,40H,9-10,13-16,20-21H2,1H3,(H,41,43). The van der Waals surface area contributed by atoms with Gasteiger partial charge in [-0.2, -0.15) is 0 Å². The number of benzene rings is 4. The molecular formula is C36H36Cl3N3O4. The van der Waals surface area contributed by atoms with Crippen LogP contribution in [0.3, 0.4) is 0 Å². The average molecular weight is 681 g/mol. The summed E-state index contributed by atoms with van der Waals surface area (Å²) in [6.45, 7) is 4.10. The minimum Gasteiger partial charge on any atom is -0.490 e. The van der Waals surface area contributed by atoms with Gasteiger partial charge in [-0.3, -0.25) is 9.59 Å². The Kier molecular flexibility index (Phi) is 10.2. The van der Waals surface area contributed by atoms with Crippen LogP contribution in [-0.2, 0) is 11.3 Å². The molecule has 240 valence electrons. The van der Waals surface area contributed by atoms with Gasteiger partial charge in [-0.15, -0.1) is 0 Å². The monoisotopic (exact) mass is 679 g/mol. The molecule has 0 spiro atoms. The number of hydrogen-bond acceptors (Lipinski definition) is 5. The van der Waals surface area contributed by atoms with Crippen molar-refractivity contribution in [3.63, 3.8) is 0 Å². The molecule has 6 rings (SSSR count). The Morgan fingerprint density at radius 2 is 1.63 bits per heavy atom. The van der Waals surface area contributed by atoms with Crippen molar-refractivity contribution in [1.29, 1.82) is 0 Å². The predicted molar refractivity (Wildman–Crippen MR) is 183 cm³/mol. The maximum atomic E-state index is 14.1. The van der Waals surface area contributed by atoms with Gasteiger partial charge in [-0.1, -0.05) is 77.3 Å². The molecule has 2 amide bonds. The van der Waals surface area contributed by atoms with Crippen molar-refractivity contribution in [1.82, 2.24) is 15.5 Å². The first-order valence-corrected chi connectivity index (χ1v) is 16.7. The zero-order valence-electron chi connectivity index (χ0n) is 25.5. The molecule has 46 heavy (non-hydrogen) atoms. The van der Waals surface area contributed by atoms with Gasteiger partial charge in [0.1, 0.15) is 19.0 Å². The van der Waals surface area contributed by atoms with E-state index in [9.17, 15) is 9.59 Å². The fraction of sp³-hybridized carbons (Fsp3) is 0.333. The summed E-state index contributed by atoms with van der Waals surface area (Å²) < 4.78 is 11.5. The molecule has 7 nitrogen and oxygen atoms in total. The lowest BCUT2D eigenvalue weighted by atomic mass is 9.91. The Hall–Kier alpha value is -3.49. The van der Waals surface area contributed by atoms with Crippen LogP contribution in [0, 0.1) is 12.8 Å². The van der Waals surface area contributed by atoms with Crippen LogP contribution in [0.5, 0.6) is 11.5 Å². The summed E-state index contributed by atoms with van der Waals surface area (Å²) in [5, 5.41) is 9.93. The number of ether oxygens (including phenoxy) is 2. The van der Waals surface area contributed by atoms with Crippen molar-refractivity contribution in [2.45, 2.75) is 44.8 Å². The second-order valence-electron chi connectivity index (χ2n) is 11.9. The zero-order chi connectivity index (χ0) is 32.2. The first kappa shape index (κ1) is 32.5. The molecule has 1 aliphatic carbocycles. The number of carbonyl (C=O) groups excluding carboxylic acids is 2. The summed E-state index contributed by atoms with van der Waals surface area (Å²) in [5.41, 5.74) is 2.39. The van der Waals surface area contributed by atoms with Crippen LogP contribution in [-0.4, -0.2) is 55.1 Å². The fourth-order valence-electron chi connectivity index (χ4n) is 6.03. The van der Waals surface area contributed by atoms with E-state index >= 15 is 0 Å². The molecule has 2 fully saturated rings. The number of rotatable bonds is 11. The van der Waals surface area contributed by atoms with E-state index < -0.39 is 0 Å². The van der Waals surface area contributed by atoms with Gasteiger partial charge < -0.3 is 25.0 Å². The molecular weight excluding hydrogens is 645 g/mol. The lowest BCUT2D eigenvalue weighted by Gasteiger charge is -2.36. The molecule has 0 aromatic heterocycles. The zero-order valence-corrected chi connectivity index (χ0v) is 27.8. The van der Waals surface area contributed by atoms with Gasteiger partial charge in [0.15, 0.2) is 5.75 Å². The van der Waals surface area contributed by atoms with Crippen LogP contribution in [0.25, 0.3) is 10.8 Å². The third-order valence-electron chi connectivity index (χ3n) is 8.53. The van der Waals surface area contributed by atoms with Crippen molar-refractivity contribution < 1.29 is 19.1 Å². The SMILES string of the molecule is Cc1cc(Cl)c(OCCOc2ccc(C(=O)NC3CCNCC3C(=O)N(Cc3cccc4ccccc34)C3CC3)c(Cl)c2)c(Cl)c1. The number of nitrogens with one attached hydrogen (secondary N) is 2. The summed E-state index contributed by atoms with van der Waals surface area (Å²) in [5.74, 6) is 0.268. The second-order valence-corrected chi connectivity index (χ2v) is 13.1. The molecule has 1 saturated heterocycles. The van der Waals surface area contributed by atoms with E-state index in [1.807, 2.05) is 30.0 Å². The van der Waals surface area contributed by atoms with Crippen LogP contribution >= 0.6 is 34.8 Å². The molecule has 4 aromatic carbocycles. The molecule has 0 bridgehead atoms. The van der Waals surface area contributed by atoms with E-state index in [-0.39, 0.29) is 48.1 Å². The molecule has 1 aliphatic heterocycles. The van der Waals surface area contributed by atoms with Gasteiger partial charge >= 0.3 is 0 Å². The summed E-state index contributed by atoms with van der Waals surface area (Å²) >= 11 is 19.0. The van der Waals surface area contributed by atoms with E-state index in [4.69, 9.17) is 44.3 Å². The van der Waals surface area contributed by atoms with Crippen LogP contribution in [0.1, 0.15) is 40.7 Å². The quantitative estimate of drug-likeness (QED) is 0.161. The molecule has 0 radical (unpaired) electrons. The minimum atomic E-state index is -0.384. The number of halogens is 3. The van der Waals surface area contributed by atoms with Crippen molar-refractivity contribution in [3.05, 3.63) is 105 Å². The van der Waals surface area contributed by atoms with E-state index in [0.29, 0.717) is 53.2 Å². The first-order valence-electron chi connectivity index (χ1n) is 15.6. The van der Waals surface area contributed by atoms with Crippen LogP contribution in [0.4, 0.5) is 0 Å². The lowest BCUT2D eigenvalue weighted by molar-refractivity contribution is -0.138. The molecule has 1 heterocycles. The van der Waals surface area contributed by atoms with E-state index in [1.54, 1.807) is 30.3 Å². The number of fused-ring (bicyclic) bond motifs is 1. The largest absolute Gasteiger partial charge is 0.490 e. The number of carbonyl (C=O) groups is 2. The first-order chi connectivity index (χ1) is 22.3. The minimum absolute atomic E-state index is 0.0678. The number of nitrogens with zero attached hydrogens (tertiary/aromatic N) is 1.